The summed E-state index contributed by atoms with van der Waals surface area (Å²) in [5, 5.41) is 8.85. The number of carboxylic acids is 1. The van der Waals surface area contributed by atoms with Gasteiger partial charge in [0.2, 0.25) is 10.0 Å². The highest BCUT2D eigenvalue weighted by molar-refractivity contribution is 7.89. The van der Waals surface area contributed by atoms with E-state index in [9.17, 15) is 17.6 Å². The molecule has 0 unspecified atom stereocenters. The van der Waals surface area contributed by atoms with Crippen molar-refractivity contribution in [1.82, 2.24) is 9.62 Å². The van der Waals surface area contributed by atoms with Crippen LogP contribution in [0.15, 0.2) is 23.1 Å². The van der Waals surface area contributed by atoms with Gasteiger partial charge in [-0.3, -0.25) is 9.69 Å². The van der Waals surface area contributed by atoms with Crippen LogP contribution in [0.25, 0.3) is 0 Å². The lowest BCUT2D eigenvalue weighted by molar-refractivity contribution is -0.139. The number of carbonyl (C=O) groups is 1. The number of carboxylic acid groups (broad SMARTS) is 1. The molecular formula is C15H21FN2O4S. The van der Waals surface area contributed by atoms with Gasteiger partial charge in [0.1, 0.15) is 5.82 Å². The molecule has 0 amide bonds. The van der Waals surface area contributed by atoms with Crippen molar-refractivity contribution in [2.45, 2.75) is 43.7 Å². The molecule has 1 aromatic carbocycles. The zero-order valence-corrected chi connectivity index (χ0v) is 13.9. The van der Waals surface area contributed by atoms with Crippen molar-refractivity contribution in [2.24, 2.45) is 0 Å². The zero-order valence-electron chi connectivity index (χ0n) is 13.1. The fourth-order valence-electron chi connectivity index (χ4n) is 2.80. The molecule has 128 valence electrons. The van der Waals surface area contributed by atoms with Crippen LogP contribution in [-0.4, -0.2) is 49.6 Å². The molecular weight excluding hydrogens is 323 g/mol. The second kappa shape index (κ2) is 6.94. The molecule has 6 nitrogen and oxygen atoms in total. The highest BCUT2D eigenvalue weighted by Crippen LogP contribution is 2.27. The van der Waals surface area contributed by atoms with E-state index in [-0.39, 0.29) is 23.5 Å². The van der Waals surface area contributed by atoms with E-state index in [0.717, 1.165) is 6.07 Å². The summed E-state index contributed by atoms with van der Waals surface area (Å²) in [5.74, 6) is -1.49. The first-order valence-corrected chi connectivity index (χ1v) is 8.95. The quantitative estimate of drug-likeness (QED) is 0.780. The van der Waals surface area contributed by atoms with E-state index in [4.69, 9.17) is 5.11 Å². The minimum absolute atomic E-state index is 0.0519. The Labute approximate surface area is 135 Å². The Morgan fingerprint density at radius 2 is 2.09 bits per heavy atom. The van der Waals surface area contributed by atoms with E-state index in [1.165, 1.54) is 12.1 Å². The highest BCUT2D eigenvalue weighted by Gasteiger charge is 2.36. The summed E-state index contributed by atoms with van der Waals surface area (Å²) in [6.45, 7) is 4.03. The van der Waals surface area contributed by atoms with E-state index in [0.29, 0.717) is 24.9 Å². The number of nitrogens with one attached hydrogen (secondary N) is 1. The van der Waals surface area contributed by atoms with Crippen LogP contribution >= 0.6 is 0 Å². The first kappa shape index (κ1) is 17.8. The number of aryl methyl sites for hydroxylation is 1. The number of aliphatic carboxylic acids is 1. The first-order valence-electron chi connectivity index (χ1n) is 7.47. The van der Waals surface area contributed by atoms with Crippen LogP contribution in [0.4, 0.5) is 4.39 Å². The molecule has 1 aliphatic rings. The van der Waals surface area contributed by atoms with Gasteiger partial charge >= 0.3 is 5.97 Å². The molecule has 0 saturated heterocycles. The molecule has 1 aromatic rings. The van der Waals surface area contributed by atoms with Crippen molar-refractivity contribution < 1.29 is 22.7 Å². The summed E-state index contributed by atoms with van der Waals surface area (Å²) in [4.78, 5) is 12.5. The number of rotatable bonds is 7. The standard InChI is InChI=1S/C15H21FN2O4S/c1-3-18(9-15(19)20)13-7-12(8-13)17-23(21,22)14-6-11(16)5-4-10(14)2/h4-6,12-13,17H,3,7-9H2,1-2H3,(H,19,20). The van der Waals surface area contributed by atoms with Gasteiger partial charge < -0.3 is 5.11 Å². The Morgan fingerprint density at radius 3 is 2.65 bits per heavy atom. The van der Waals surface area contributed by atoms with Gasteiger partial charge in [0.25, 0.3) is 0 Å². The van der Waals surface area contributed by atoms with Crippen LogP contribution in [0.1, 0.15) is 25.3 Å². The van der Waals surface area contributed by atoms with Crippen LogP contribution in [0.5, 0.6) is 0 Å². The normalized spacial score (nSPS) is 21.2. The lowest BCUT2D eigenvalue weighted by Crippen LogP contribution is -2.54. The monoisotopic (exact) mass is 344 g/mol. The van der Waals surface area contributed by atoms with Crippen LogP contribution in [0.3, 0.4) is 0 Å². The lowest BCUT2D eigenvalue weighted by atomic mass is 9.86. The fraction of sp³-hybridized carbons (Fsp3) is 0.533. The predicted molar refractivity (Wildman–Crippen MR) is 83.2 cm³/mol. The van der Waals surface area contributed by atoms with Gasteiger partial charge in [-0.2, -0.15) is 0 Å². The summed E-state index contributed by atoms with van der Waals surface area (Å²) in [6, 6.07) is 3.46. The van der Waals surface area contributed by atoms with E-state index >= 15 is 0 Å². The second-order valence-corrected chi connectivity index (χ2v) is 7.49. The van der Waals surface area contributed by atoms with E-state index in [2.05, 4.69) is 4.72 Å². The van der Waals surface area contributed by atoms with Crippen LogP contribution in [0.2, 0.25) is 0 Å². The molecule has 0 heterocycles. The lowest BCUT2D eigenvalue weighted by Gasteiger charge is -2.42. The summed E-state index contributed by atoms with van der Waals surface area (Å²) >= 11 is 0. The molecule has 23 heavy (non-hydrogen) atoms. The highest BCUT2D eigenvalue weighted by atomic mass is 32.2. The Kier molecular flexibility index (Phi) is 5.38. The molecule has 1 saturated carbocycles. The predicted octanol–water partition coefficient (Wildman–Crippen LogP) is 1.35. The van der Waals surface area contributed by atoms with Crippen molar-refractivity contribution >= 4 is 16.0 Å². The molecule has 0 aromatic heterocycles. The maximum absolute atomic E-state index is 13.3. The third-order valence-corrected chi connectivity index (χ3v) is 5.80. The SMILES string of the molecule is CCN(CC(=O)O)C1CC(NS(=O)(=O)c2cc(F)ccc2C)C1. The molecule has 1 aliphatic carbocycles. The minimum atomic E-state index is -3.78. The molecule has 8 heteroatoms. The summed E-state index contributed by atoms with van der Waals surface area (Å²) in [5.41, 5.74) is 0.482. The van der Waals surface area contributed by atoms with Gasteiger partial charge in [-0.05, 0) is 44.0 Å². The third-order valence-electron chi connectivity index (χ3n) is 4.14. The summed E-state index contributed by atoms with van der Waals surface area (Å²) in [7, 11) is -3.78. The topological polar surface area (TPSA) is 86.7 Å². The number of halogens is 1. The Bertz CT molecular complexity index is 687. The Hall–Kier alpha value is -1.51. The number of hydrogen-bond acceptors (Lipinski definition) is 4. The van der Waals surface area contributed by atoms with Crippen molar-refractivity contribution in [3.8, 4) is 0 Å². The van der Waals surface area contributed by atoms with Crippen LogP contribution < -0.4 is 4.72 Å². The first-order chi connectivity index (χ1) is 10.7. The number of nitrogens with zero attached hydrogens (tertiary/aromatic N) is 1. The maximum Gasteiger partial charge on any atom is 0.317 e. The zero-order chi connectivity index (χ0) is 17.2. The summed E-state index contributed by atoms with van der Waals surface area (Å²) in [6.07, 6.45) is 1.10. The van der Waals surface area contributed by atoms with Gasteiger partial charge in [-0.25, -0.2) is 17.5 Å². The molecule has 0 bridgehead atoms. The van der Waals surface area contributed by atoms with E-state index < -0.39 is 21.8 Å². The largest absolute Gasteiger partial charge is 0.480 e. The van der Waals surface area contributed by atoms with E-state index in [1.807, 2.05) is 6.92 Å². The Balaban J connectivity index is 1.99. The molecule has 0 atom stereocenters. The summed E-state index contributed by atoms with van der Waals surface area (Å²) < 4.78 is 40.6. The Morgan fingerprint density at radius 1 is 1.43 bits per heavy atom. The van der Waals surface area contributed by atoms with Gasteiger partial charge in [0.15, 0.2) is 0 Å². The maximum atomic E-state index is 13.3. The molecule has 2 rings (SSSR count). The molecule has 2 N–H and O–H groups in total. The van der Waals surface area contributed by atoms with Crippen molar-refractivity contribution in [3.05, 3.63) is 29.6 Å². The molecule has 1 fully saturated rings. The van der Waals surface area contributed by atoms with Gasteiger partial charge in [-0.15, -0.1) is 0 Å². The van der Waals surface area contributed by atoms with E-state index in [1.54, 1.807) is 11.8 Å². The smallest absolute Gasteiger partial charge is 0.317 e. The second-order valence-electron chi connectivity index (χ2n) is 5.81. The number of likely N-dealkylation sites (N-methyl/N-ethyl adjacent to an activating group) is 1. The van der Waals surface area contributed by atoms with Crippen molar-refractivity contribution in [2.75, 3.05) is 13.1 Å². The number of hydrogen-bond donors (Lipinski definition) is 2. The van der Waals surface area contributed by atoms with Crippen LogP contribution in [0, 0.1) is 12.7 Å². The van der Waals surface area contributed by atoms with Crippen LogP contribution in [-0.2, 0) is 14.8 Å². The average molecular weight is 344 g/mol. The fourth-order valence-corrected chi connectivity index (χ4v) is 4.32. The van der Waals surface area contributed by atoms with Crippen molar-refractivity contribution in [1.29, 1.82) is 0 Å². The average Bonchev–Trinajstić information content (AvgIpc) is 2.42. The molecule has 0 aliphatic heterocycles. The minimum Gasteiger partial charge on any atom is -0.480 e. The molecule has 0 spiro atoms. The van der Waals surface area contributed by atoms with Gasteiger partial charge in [-0.1, -0.05) is 13.0 Å². The third kappa shape index (κ3) is 4.27. The number of benzene rings is 1. The van der Waals surface area contributed by atoms with Crippen molar-refractivity contribution in [3.63, 3.8) is 0 Å². The van der Waals surface area contributed by atoms with Gasteiger partial charge in [0.05, 0.1) is 11.4 Å². The number of sulfonamides is 1. The van der Waals surface area contributed by atoms with Gasteiger partial charge in [0, 0.05) is 12.1 Å². The molecule has 0 radical (unpaired) electrons.